The Morgan fingerprint density at radius 3 is 2.59 bits per heavy atom. The zero-order valence-corrected chi connectivity index (χ0v) is 10.7. The molecule has 1 aromatic carbocycles. The van der Waals surface area contributed by atoms with E-state index in [-0.39, 0.29) is 13.2 Å². The molecule has 0 bridgehead atoms. The number of halogens is 1. The number of rotatable bonds is 7. The van der Waals surface area contributed by atoms with Crippen LogP contribution in [0, 0.1) is 0 Å². The molecule has 4 nitrogen and oxygen atoms in total. The number of benzene rings is 1. The Balaban J connectivity index is 2.85. The lowest BCUT2D eigenvalue weighted by molar-refractivity contribution is 0.203. The minimum absolute atomic E-state index is 0.0297. The van der Waals surface area contributed by atoms with Crippen LogP contribution in [0.1, 0.15) is 5.56 Å². The van der Waals surface area contributed by atoms with Crippen LogP contribution in [0.5, 0.6) is 0 Å². The monoisotopic (exact) mass is 259 g/mol. The molecule has 0 spiro atoms. The highest BCUT2D eigenvalue weighted by atomic mass is 35.5. The van der Waals surface area contributed by atoms with Crippen molar-refractivity contribution in [2.24, 2.45) is 0 Å². The fourth-order valence-electron chi connectivity index (χ4n) is 1.58. The Labute approximate surface area is 106 Å². The molecule has 1 aromatic rings. The maximum absolute atomic E-state index is 9.02. The summed E-state index contributed by atoms with van der Waals surface area (Å²) < 4.78 is 5.02. The standard InChI is InChI=1S/C12H18ClNO3/c1-17-7-5-14(4-6-15)12-3-2-10(9-16)8-11(12)13/h2-3,8,15-16H,4-7,9H2,1H3. The quantitative estimate of drug-likeness (QED) is 0.775. The van der Waals surface area contributed by atoms with Gasteiger partial charge in [0.25, 0.3) is 0 Å². The van der Waals surface area contributed by atoms with E-state index in [1.54, 1.807) is 13.2 Å². The minimum atomic E-state index is -0.0297. The van der Waals surface area contributed by atoms with Crippen LogP contribution in [0.25, 0.3) is 0 Å². The van der Waals surface area contributed by atoms with E-state index in [2.05, 4.69) is 0 Å². The van der Waals surface area contributed by atoms with Gasteiger partial charge >= 0.3 is 0 Å². The summed E-state index contributed by atoms with van der Waals surface area (Å²) in [5.74, 6) is 0. The summed E-state index contributed by atoms with van der Waals surface area (Å²) in [5.41, 5.74) is 1.62. The molecule has 0 aliphatic heterocycles. The van der Waals surface area contributed by atoms with Crippen molar-refractivity contribution >= 4 is 17.3 Å². The van der Waals surface area contributed by atoms with E-state index in [4.69, 9.17) is 26.6 Å². The molecular formula is C12H18ClNO3. The first-order chi connectivity index (χ1) is 8.22. The predicted octanol–water partition coefficient (Wildman–Crippen LogP) is 1.28. The molecule has 0 saturated heterocycles. The second-order valence-corrected chi connectivity index (χ2v) is 4.05. The van der Waals surface area contributed by atoms with Crippen LogP contribution < -0.4 is 4.90 Å². The van der Waals surface area contributed by atoms with Gasteiger partial charge in [-0.05, 0) is 17.7 Å². The van der Waals surface area contributed by atoms with E-state index in [9.17, 15) is 0 Å². The maximum atomic E-state index is 9.02. The van der Waals surface area contributed by atoms with Crippen molar-refractivity contribution in [1.29, 1.82) is 0 Å². The Hall–Kier alpha value is -0.810. The molecule has 0 unspecified atom stereocenters. The molecule has 2 N–H and O–H groups in total. The minimum Gasteiger partial charge on any atom is -0.395 e. The average Bonchev–Trinajstić information content (AvgIpc) is 2.34. The third-order valence-electron chi connectivity index (χ3n) is 2.47. The average molecular weight is 260 g/mol. The molecule has 0 amide bonds. The zero-order chi connectivity index (χ0) is 12.7. The smallest absolute Gasteiger partial charge is 0.0682 e. The van der Waals surface area contributed by atoms with E-state index in [1.807, 2.05) is 17.0 Å². The van der Waals surface area contributed by atoms with Gasteiger partial charge in [0, 0.05) is 20.2 Å². The SMILES string of the molecule is COCCN(CCO)c1ccc(CO)cc1Cl. The highest BCUT2D eigenvalue weighted by Gasteiger charge is 2.10. The number of hydrogen-bond acceptors (Lipinski definition) is 4. The highest BCUT2D eigenvalue weighted by molar-refractivity contribution is 6.33. The lowest BCUT2D eigenvalue weighted by Crippen LogP contribution is -2.30. The van der Waals surface area contributed by atoms with Crippen molar-refractivity contribution in [2.75, 3.05) is 38.3 Å². The molecule has 1 rings (SSSR count). The van der Waals surface area contributed by atoms with Crippen molar-refractivity contribution in [3.63, 3.8) is 0 Å². The number of aliphatic hydroxyl groups excluding tert-OH is 2. The topological polar surface area (TPSA) is 52.9 Å². The highest BCUT2D eigenvalue weighted by Crippen LogP contribution is 2.26. The van der Waals surface area contributed by atoms with E-state index in [0.29, 0.717) is 24.7 Å². The van der Waals surface area contributed by atoms with E-state index >= 15 is 0 Å². The molecule has 5 heteroatoms. The first-order valence-corrected chi connectivity index (χ1v) is 5.84. The van der Waals surface area contributed by atoms with Crippen LogP contribution in [-0.2, 0) is 11.3 Å². The van der Waals surface area contributed by atoms with Crippen LogP contribution in [0.2, 0.25) is 5.02 Å². The van der Waals surface area contributed by atoms with Crippen LogP contribution in [0.15, 0.2) is 18.2 Å². The summed E-state index contributed by atoms with van der Waals surface area (Å²) in [7, 11) is 1.63. The third kappa shape index (κ3) is 4.16. The third-order valence-corrected chi connectivity index (χ3v) is 2.77. The number of aliphatic hydroxyl groups is 2. The number of anilines is 1. The molecule has 0 aliphatic carbocycles. The van der Waals surface area contributed by atoms with Gasteiger partial charge in [0.05, 0.1) is 30.5 Å². The molecule has 0 fully saturated rings. The largest absolute Gasteiger partial charge is 0.395 e. The van der Waals surface area contributed by atoms with Crippen molar-refractivity contribution in [3.8, 4) is 0 Å². The van der Waals surface area contributed by atoms with Gasteiger partial charge in [0.2, 0.25) is 0 Å². The summed E-state index contributed by atoms with van der Waals surface area (Å²) in [6.07, 6.45) is 0. The van der Waals surface area contributed by atoms with Crippen LogP contribution in [0.4, 0.5) is 5.69 Å². The van der Waals surface area contributed by atoms with Crippen molar-refractivity contribution < 1.29 is 14.9 Å². The van der Waals surface area contributed by atoms with Crippen LogP contribution in [0.3, 0.4) is 0 Å². The molecule has 0 aliphatic rings. The molecule has 0 aromatic heterocycles. The van der Waals surface area contributed by atoms with Gasteiger partial charge in [-0.2, -0.15) is 0 Å². The summed E-state index contributed by atoms with van der Waals surface area (Å²) in [5, 5.41) is 18.6. The van der Waals surface area contributed by atoms with Crippen molar-refractivity contribution in [2.45, 2.75) is 6.61 Å². The molecule has 0 heterocycles. The maximum Gasteiger partial charge on any atom is 0.0682 e. The summed E-state index contributed by atoms with van der Waals surface area (Å²) in [6.45, 7) is 1.76. The van der Waals surface area contributed by atoms with Gasteiger partial charge in [-0.3, -0.25) is 0 Å². The zero-order valence-electron chi connectivity index (χ0n) is 9.90. The van der Waals surface area contributed by atoms with Gasteiger partial charge < -0.3 is 19.8 Å². The van der Waals surface area contributed by atoms with Gasteiger partial charge in [-0.15, -0.1) is 0 Å². The van der Waals surface area contributed by atoms with E-state index < -0.39 is 0 Å². The summed E-state index contributed by atoms with van der Waals surface area (Å²) >= 11 is 6.14. The first-order valence-electron chi connectivity index (χ1n) is 5.47. The molecular weight excluding hydrogens is 242 g/mol. The lowest BCUT2D eigenvalue weighted by atomic mass is 10.2. The lowest BCUT2D eigenvalue weighted by Gasteiger charge is -2.24. The van der Waals surface area contributed by atoms with E-state index in [1.165, 1.54) is 0 Å². The number of ether oxygens (including phenoxy) is 1. The summed E-state index contributed by atoms with van der Waals surface area (Å²) in [4.78, 5) is 1.95. The van der Waals surface area contributed by atoms with Gasteiger partial charge in [-0.25, -0.2) is 0 Å². The predicted molar refractivity (Wildman–Crippen MR) is 68.5 cm³/mol. The Morgan fingerprint density at radius 2 is 2.06 bits per heavy atom. The molecule has 0 atom stereocenters. The molecule has 17 heavy (non-hydrogen) atoms. The number of methoxy groups -OCH3 is 1. The number of hydrogen-bond donors (Lipinski definition) is 2. The number of nitrogens with zero attached hydrogens (tertiary/aromatic N) is 1. The molecule has 0 radical (unpaired) electrons. The van der Waals surface area contributed by atoms with E-state index in [0.717, 1.165) is 11.3 Å². The van der Waals surface area contributed by atoms with Gasteiger partial charge in [-0.1, -0.05) is 17.7 Å². The molecule has 0 saturated carbocycles. The first kappa shape index (κ1) is 14.3. The fraction of sp³-hybridized carbons (Fsp3) is 0.500. The van der Waals surface area contributed by atoms with Crippen molar-refractivity contribution in [1.82, 2.24) is 0 Å². The second kappa shape index (κ2) is 7.50. The van der Waals surface area contributed by atoms with Crippen molar-refractivity contribution in [3.05, 3.63) is 28.8 Å². The Kier molecular flexibility index (Phi) is 6.29. The summed E-state index contributed by atoms with van der Waals surface area (Å²) in [6, 6.07) is 5.39. The van der Waals surface area contributed by atoms with Crippen LogP contribution in [-0.4, -0.2) is 43.6 Å². The van der Waals surface area contributed by atoms with Crippen LogP contribution >= 0.6 is 11.6 Å². The normalized spacial score (nSPS) is 10.6. The fourth-order valence-corrected chi connectivity index (χ4v) is 1.90. The molecule has 96 valence electrons. The second-order valence-electron chi connectivity index (χ2n) is 3.65. The Morgan fingerprint density at radius 1 is 1.29 bits per heavy atom. The Bertz CT molecular complexity index is 347. The van der Waals surface area contributed by atoms with Gasteiger partial charge in [0.15, 0.2) is 0 Å². The van der Waals surface area contributed by atoms with Gasteiger partial charge in [0.1, 0.15) is 0 Å².